The highest BCUT2D eigenvalue weighted by Crippen LogP contribution is 2.56. The summed E-state index contributed by atoms with van der Waals surface area (Å²) in [7, 11) is 1.93. The number of nitrogens with zero attached hydrogens (tertiary/aromatic N) is 2. The van der Waals surface area contributed by atoms with Crippen LogP contribution in [0.1, 0.15) is 12.8 Å². The van der Waals surface area contributed by atoms with Gasteiger partial charge in [0.15, 0.2) is 5.17 Å². The van der Waals surface area contributed by atoms with Crippen LogP contribution in [0.3, 0.4) is 0 Å². The van der Waals surface area contributed by atoms with Crippen LogP contribution in [0.5, 0.6) is 0 Å². The largest absolute Gasteiger partial charge is 0.324 e. The van der Waals surface area contributed by atoms with Crippen LogP contribution in [0.15, 0.2) is 35.3 Å². The number of halogens is 1. The van der Waals surface area contributed by atoms with Gasteiger partial charge in [0.05, 0.1) is 0 Å². The summed E-state index contributed by atoms with van der Waals surface area (Å²) < 4.78 is -0.0984. The number of amides is 1. The highest BCUT2D eigenvalue weighted by Gasteiger charge is 2.56. The molecule has 1 amide bonds. The SMILES string of the molecule is CN(C1=NC(=O)C(Cl)C2(CC2)S1)c1ccccc1. The minimum atomic E-state index is -0.463. The predicted octanol–water partition coefficient (Wildman–Crippen LogP) is 2.89. The van der Waals surface area contributed by atoms with E-state index in [1.165, 1.54) is 0 Å². The lowest BCUT2D eigenvalue weighted by Gasteiger charge is -2.29. The Bertz CT molecular complexity index is 513. The van der Waals surface area contributed by atoms with E-state index in [0.717, 1.165) is 23.7 Å². The average molecular weight is 281 g/mol. The second-order valence-corrected chi connectivity index (χ2v) is 6.48. The maximum absolute atomic E-state index is 11.8. The smallest absolute Gasteiger partial charge is 0.267 e. The first-order valence-electron chi connectivity index (χ1n) is 5.87. The van der Waals surface area contributed by atoms with Gasteiger partial charge in [-0.3, -0.25) is 4.79 Å². The maximum Gasteiger partial charge on any atom is 0.267 e. The molecular formula is C13H13ClN2OS. The van der Waals surface area contributed by atoms with Gasteiger partial charge in [0.25, 0.3) is 5.91 Å². The number of para-hydroxylation sites is 1. The Labute approximate surface area is 115 Å². The number of benzene rings is 1. The third kappa shape index (κ3) is 1.93. The Balaban J connectivity index is 1.89. The van der Waals surface area contributed by atoms with Gasteiger partial charge in [-0.1, -0.05) is 30.0 Å². The quantitative estimate of drug-likeness (QED) is 0.742. The average Bonchev–Trinajstić information content (AvgIpc) is 3.16. The number of carbonyl (C=O) groups excluding carboxylic acids is 1. The van der Waals surface area contributed by atoms with E-state index in [1.807, 2.05) is 42.3 Å². The van der Waals surface area contributed by atoms with E-state index in [1.54, 1.807) is 11.8 Å². The molecule has 1 aromatic rings. The first-order chi connectivity index (χ1) is 8.62. The van der Waals surface area contributed by atoms with Crippen LogP contribution in [-0.4, -0.2) is 28.2 Å². The molecule has 2 aliphatic rings. The standard InChI is InChI=1S/C13H13ClN2OS/c1-16(9-5-3-2-4-6-9)12-15-11(17)10(14)13(18-12)7-8-13/h2-6,10H,7-8H2,1H3. The van der Waals surface area contributed by atoms with E-state index in [4.69, 9.17) is 11.6 Å². The van der Waals surface area contributed by atoms with Crippen molar-refractivity contribution < 1.29 is 4.79 Å². The summed E-state index contributed by atoms with van der Waals surface area (Å²) in [6.45, 7) is 0. The molecule has 0 radical (unpaired) electrons. The molecule has 94 valence electrons. The van der Waals surface area contributed by atoms with Crippen LogP contribution in [0.4, 0.5) is 5.69 Å². The normalized spacial score (nSPS) is 24.9. The molecular weight excluding hydrogens is 268 g/mol. The number of hydrogen-bond donors (Lipinski definition) is 0. The number of alkyl halides is 1. The third-order valence-electron chi connectivity index (χ3n) is 3.35. The van der Waals surface area contributed by atoms with E-state index in [9.17, 15) is 4.79 Å². The van der Waals surface area contributed by atoms with Gasteiger partial charge in [-0.25, -0.2) is 0 Å². The summed E-state index contributed by atoms with van der Waals surface area (Å²) in [4.78, 5) is 17.9. The molecule has 5 heteroatoms. The molecule has 3 nitrogen and oxygen atoms in total. The lowest BCUT2D eigenvalue weighted by Crippen LogP contribution is -2.38. The Morgan fingerprint density at radius 1 is 1.39 bits per heavy atom. The van der Waals surface area contributed by atoms with Crippen molar-refractivity contribution in [3.05, 3.63) is 30.3 Å². The Hall–Kier alpha value is -1.00. The van der Waals surface area contributed by atoms with Crippen LogP contribution in [0, 0.1) is 0 Å². The molecule has 1 aliphatic carbocycles. The number of aliphatic imine (C=N–C) groups is 1. The van der Waals surface area contributed by atoms with Crippen molar-refractivity contribution in [2.45, 2.75) is 23.0 Å². The van der Waals surface area contributed by atoms with Crippen LogP contribution in [0.2, 0.25) is 0 Å². The Morgan fingerprint density at radius 2 is 2.06 bits per heavy atom. The molecule has 1 spiro atoms. The minimum Gasteiger partial charge on any atom is -0.324 e. The van der Waals surface area contributed by atoms with Crippen molar-refractivity contribution in [1.29, 1.82) is 0 Å². The van der Waals surface area contributed by atoms with Gasteiger partial charge >= 0.3 is 0 Å². The number of hydrogen-bond acceptors (Lipinski definition) is 3. The summed E-state index contributed by atoms with van der Waals surface area (Å²) in [5.74, 6) is -0.203. The van der Waals surface area contributed by atoms with Crippen LogP contribution >= 0.6 is 23.4 Å². The fraction of sp³-hybridized carbons (Fsp3) is 0.385. The Morgan fingerprint density at radius 3 is 2.67 bits per heavy atom. The van der Waals surface area contributed by atoms with Crippen molar-refractivity contribution in [2.75, 3.05) is 11.9 Å². The summed E-state index contributed by atoms with van der Waals surface area (Å²) in [6, 6.07) is 9.91. The monoisotopic (exact) mass is 280 g/mol. The van der Waals surface area contributed by atoms with Crippen LogP contribution < -0.4 is 4.90 Å². The molecule has 0 saturated heterocycles. The number of amidine groups is 1. The maximum atomic E-state index is 11.8. The van der Waals surface area contributed by atoms with Gasteiger partial charge in [0, 0.05) is 17.5 Å². The van der Waals surface area contributed by atoms with Crippen molar-refractivity contribution in [2.24, 2.45) is 4.99 Å². The van der Waals surface area contributed by atoms with E-state index in [0.29, 0.717) is 0 Å². The molecule has 1 heterocycles. The number of thioether (sulfide) groups is 1. The molecule has 1 aromatic carbocycles. The molecule has 1 aliphatic heterocycles. The molecule has 0 bridgehead atoms. The molecule has 0 N–H and O–H groups in total. The molecule has 1 atom stereocenters. The molecule has 1 fully saturated rings. The number of carbonyl (C=O) groups is 1. The zero-order valence-electron chi connectivity index (χ0n) is 9.97. The van der Waals surface area contributed by atoms with Gasteiger partial charge < -0.3 is 4.90 Å². The second kappa shape index (κ2) is 4.28. The predicted molar refractivity (Wildman–Crippen MR) is 76.5 cm³/mol. The lowest BCUT2D eigenvalue weighted by atomic mass is 10.2. The van der Waals surface area contributed by atoms with Gasteiger partial charge in [0.1, 0.15) is 5.38 Å². The first kappa shape index (κ1) is 12.1. The molecule has 1 unspecified atom stereocenters. The molecule has 18 heavy (non-hydrogen) atoms. The van der Waals surface area contributed by atoms with E-state index < -0.39 is 5.38 Å². The summed E-state index contributed by atoms with van der Waals surface area (Å²) >= 11 is 7.78. The number of anilines is 1. The molecule has 0 aromatic heterocycles. The highest BCUT2D eigenvalue weighted by molar-refractivity contribution is 8.15. The van der Waals surface area contributed by atoms with Gasteiger partial charge in [-0.05, 0) is 25.0 Å². The molecule has 1 saturated carbocycles. The first-order valence-corrected chi connectivity index (χ1v) is 7.12. The van der Waals surface area contributed by atoms with Gasteiger partial charge in [-0.2, -0.15) is 4.99 Å². The topological polar surface area (TPSA) is 32.7 Å². The van der Waals surface area contributed by atoms with Crippen molar-refractivity contribution >= 4 is 40.1 Å². The summed E-state index contributed by atoms with van der Waals surface area (Å²) in [5.41, 5.74) is 1.03. The zero-order chi connectivity index (χ0) is 12.8. The van der Waals surface area contributed by atoms with E-state index in [-0.39, 0.29) is 10.7 Å². The fourth-order valence-electron chi connectivity index (χ4n) is 2.02. The minimum absolute atomic E-state index is 0.0984. The zero-order valence-corrected chi connectivity index (χ0v) is 11.5. The van der Waals surface area contributed by atoms with Gasteiger partial charge in [-0.15, -0.1) is 11.6 Å². The second-order valence-electron chi connectivity index (χ2n) is 4.66. The highest BCUT2D eigenvalue weighted by atomic mass is 35.5. The van der Waals surface area contributed by atoms with Crippen LogP contribution in [0.25, 0.3) is 0 Å². The summed E-state index contributed by atoms with van der Waals surface area (Å²) in [6.07, 6.45) is 2.00. The van der Waals surface area contributed by atoms with E-state index >= 15 is 0 Å². The molecule has 3 rings (SSSR count). The third-order valence-corrected chi connectivity index (χ3v) is 5.68. The van der Waals surface area contributed by atoms with Crippen LogP contribution in [-0.2, 0) is 4.79 Å². The van der Waals surface area contributed by atoms with Crippen molar-refractivity contribution in [3.8, 4) is 0 Å². The lowest BCUT2D eigenvalue weighted by molar-refractivity contribution is -0.117. The summed E-state index contributed by atoms with van der Waals surface area (Å²) in [5, 5.41) is 0.288. The fourth-order valence-corrected chi connectivity index (χ4v) is 3.67. The van der Waals surface area contributed by atoms with Gasteiger partial charge in [0.2, 0.25) is 0 Å². The van der Waals surface area contributed by atoms with Crippen molar-refractivity contribution in [3.63, 3.8) is 0 Å². The van der Waals surface area contributed by atoms with E-state index in [2.05, 4.69) is 4.99 Å². The van der Waals surface area contributed by atoms with Crippen molar-refractivity contribution in [1.82, 2.24) is 0 Å². The Kier molecular flexibility index (Phi) is 2.87. The number of rotatable bonds is 1.